The molecule has 1 aliphatic rings. The maximum Gasteiger partial charge on any atom is 0.409 e. The van der Waals surface area contributed by atoms with Gasteiger partial charge in [-0.25, -0.2) is 9.59 Å². The van der Waals surface area contributed by atoms with Gasteiger partial charge in [-0.3, -0.25) is 0 Å². The second-order valence-electron chi connectivity index (χ2n) is 5.21. The van der Waals surface area contributed by atoms with Crippen molar-refractivity contribution in [3.63, 3.8) is 0 Å². The predicted octanol–water partition coefficient (Wildman–Crippen LogP) is 2.99. The molecule has 0 bridgehead atoms. The Balaban J connectivity index is 1.75. The number of amides is 3. The molecule has 0 saturated carbocycles. The number of likely N-dealkylation sites (tertiary alicyclic amines) is 1. The van der Waals surface area contributed by atoms with E-state index in [0.717, 1.165) is 17.7 Å². The van der Waals surface area contributed by atoms with Crippen LogP contribution in [0.3, 0.4) is 0 Å². The number of methoxy groups -OCH3 is 1. The number of urea groups is 1. The van der Waals surface area contributed by atoms with Gasteiger partial charge in [-0.1, -0.05) is 11.6 Å². The molecular formula is C14H20ClN3O3S. The van der Waals surface area contributed by atoms with Gasteiger partial charge in [-0.15, -0.1) is 11.3 Å². The zero-order valence-corrected chi connectivity index (χ0v) is 14.2. The van der Waals surface area contributed by atoms with Gasteiger partial charge in [-0.2, -0.15) is 0 Å². The van der Waals surface area contributed by atoms with Gasteiger partial charge in [0.25, 0.3) is 0 Å². The number of nitrogens with one attached hydrogen (secondary N) is 2. The summed E-state index contributed by atoms with van der Waals surface area (Å²) < 4.78 is 5.39. The number of hydrogen-bond donors (Lipinski definition) is 2. The Labute approximate surface area is 138 Å². The molecule has 1 unspecified atom stereocenters. The molecule has 8 heteroatoms. The fourth-order valence-electron chi connectivity index (χ4n) is 2.39. The molecule has 2 heterocycles. The van der Waals surface area contributed by atoms with Crippen LogP contribution in [0, 0.1) is 0 Å². The number of thiophene rings is 1. The highest BCUT2D eigenvalue weighted by molar-refractivity contribution is 7.16. The van der Waals surface area contributed by atoms with Crippen molar-refractivity contribution in [3.8, 4) is 0 Å². The minimum absolute atomic E-state index is 0.0695. The summed E-state index contributed by atoms with van der Waals surface area (Å²) in [7, 11) is 1.37. The summed E-state index contributed by atoms with van der Waals surface area (Å²) in [5.74, 6) is 0. The van der Waals surface area contributed by atoms with Crippen molar-refractivity contribution in [3.05, 3.63) is 21.3 Å². The molecule has 6 nitrogen and oxygen atoms in total. The Kier molecular flexibility index (Phi) is 5.90. The van der Waals surface area contributed by atoms with Gasteiger partial charge in [0, 0.05) is 24.0 Å². The van der Waals surface area contributed by atoms with Gasteiger partial charge < -0.3 is 20.3 Å². The second kappa shape index (κ2) is 7.69. The first-order valence-corrected chi connectivity index (χ1v) is 8.34. The second-order valence-corrected chi connectivity index (χ2v) is 6.96. The lowest BCUT2D eigenvalue weighted by Crippen LogP contribution is -2.49. The van der Waals surface area contributed by atoms with Crippen molar-refractivity contribution < 1.29 is 14.3 Å². The quantitative estimate of drug-likeness (QED) is 0.884. The fraction of sp³-hybridized carbons (Fsp3) is 0.571. The predicted molar refractivity (Wildman–Crippen MR) is 86.4 cm³/mol. The molecule has 1 aliphatic heterocycles. The van der Waals surface area contributed by atoms with Crippen molar-refractivity contribution in [2.24, 2.45) is 0 Å². The molecular weight excluding hydrogens is 326 g/mol. The van der Waals surface area contributed by atoms with E-state index < -0.39 is 0 Å². The molecule has 2 rings (SSSR count). The van der Waals surface area contributed by atoms with Gasteiger partial charge in [-0.05, 0) is 31.9 Å². The lowest BCUT2D eigenvalue weighted by molar-refractivity contribution is 0.110. The SMILES string of the molecule is COC(=O)N1CCC(NC(=O)NC(C)c2ccc(Cl)s2)CC1. The van der Waals surface area contributed by atoms with Crippen LogP contribution >= 0.6 is 22.9 Å². The van der Waals surface area contributed by atoms with Crippen LogP contribution in [0.1, 0.15) is 30.7 Å². The smallest absolute Gasteiger partial charge is 0.409 e. The summed E-state index contributed by atoms with van der Waals surface area (Å²) in [4.78, 5) is 26.1. The third kappa shape index (κ3) is 4.51. The minimum atomic E-state index is -0.314. The summed E-state index contributed by atoms with van der Waals surface area (Å²) in [5.41, 5.74) is 0. The van der Waals surface area contributed by atoms with E-state index >= 15 is 0 Å². The fourth-order valence-corrected chi connectivity index (χ4v) is 3.45. The van der Waals surface area contributed by atoms with Crippen LogP contribution in [-0.4, -0.2) is 43.3 Å². The van der Waals surface area contributed by atoms with Gasteiger partial charge >= 0.3 is 12.1 Å². The van der Waals surface area contributed by atoms with Crippen LogP contribution in [0.15, 0.2) is 12.1 Å². The number of ether oxygens (including phenoxy) is 1. The molecule has 0 radical (unpaired) electrons. The molecule has 1 saturated heterocycles. The first-order valence-electron chi connectivity index (χ1n) is 7.14. The molecule has 0 aromatic carbocycles. The molecule has 0 spiro atoms. The maximum absolute atomic E-state index is 12.0. The molecule has 1 fully saturated rings. The molecule has 1 atom stereocenters. The molecule has 22 heavy (non-hydrogen) atoms. The Hall–Kier alpha value is -1.47. The van der Waals surface area contributed by atoms with Gasteiger partial charge in [0.05, 0.1) is 17.5 Å². The summed E-state index contributed by atoms with van der Waals surface area (Å²) in [6, 6.07) is 3.51. The number of hydrogen-bond acceptors (Lipinski definition) is 4. The van der Waals surface area contributed by atoms with Gasteiger partial charge in [0.15, 0.2) is 0 Å². The first-order chi connectivity index (χ1) is 10.5. The Bertz CT molecular complexity index is 529. The number of rotatable bonds is 3. The van der Waals surface area contributed by atoms with E-state index in [0.29, 0.717) is 17.4 Å². The minimum Gasteiger partial charge on any atom is -0.453 e. The molecule has 2 N–H and O–H groups in total. The van der Waals surface area contributed by atoms with Crippen LogP contribution in [-0.2, 0) is 4.74 Å². The number of halogens is 1. The number of piperidine rings is 1. The normalized spacial score (nSPS) is 17.0. The molecule has 3 amide bonds. The number of carbonyl (C=O) groups excluding carboxylic acids is 2. The molecule has 122 valence electrons. The molecule has 1 aromatic rings. The first kappa shape index (κ1) is 16.9. The van der Waals surface area contributed by atoms with Crippen LogP contribution < -0.4 is 10.6 Å². The van der Waals surface area contributed by atoms with E-state index in [-0.39, 0.29) is 24.2 Å². The largest absolute Gasteiger partial charge is 0.453 e. The highest BCUT2D eigenvalue weighted by atomic mass is 35.5. The zero-order chi connectivity index (χ0) is 16.1. The number of nitrogens with zero attached hydrogens (tertiary/aromatic N) is 1. The summed E-state index contributed by atoms with van der Waals surface area (Å²) in [5, 5.41) is 5.85. The van der Waals surface area contributed by atoms with E-state index in [4.69, 9.17) is 11.6 Å². The highest BCUT2D eigenvalue weighted by Gasteiger charge is 2.24. The van der Waals surface area contributed by atoms with Crippen LogP contribution in [0.2, 0.25) is 4.34 Å². The van der Waals surface area contributed by atoms with Crippen molar-refractivity contribution >= 4 is 35.1 Å². The Morgan fingerprint density at radius 2 is 2.09 bits per heavy atom. The van der Waals surface area contributed by atoms with Crippen molar-refractivity contribution in [2.45, 2.75) is 31.8 Å². The zero-order valence-electron chi connectivity index (χ0n) is 12.6. The van der Waals surface area contributed by atoms with Crippen molar-refractivity contribution in [1.29, 1.82) is 0 Å². The van der Waals surface area contributed by atoms with E-state index in [1.807, 2.05) is 19.1 Å². The molecule has 0 aliphatic carbocycles. The van der Waals surface area contributed by atoms with Crippen LogP contribution in [0.25, 0.3) is 0 Å². The van der Waals surface area contributed by atoms with Gasteiger partial charge in [0.2, 0.25) is 0 Å². The monoisotopic (exact) mass is 345 g/mol. The third-order valence-electron chi connectivity index (χ3n) is 3.63. The average Bonchev–Trinajstić information content (AvgIpc) is 2.94. The van der Waals surface area contributed by atoms with E-state index in [2.05, 4.69) is 15.4 Å². The third-order valence-corrected chi connectivity index (χ3v) is 5.05. The van der Waals surface area contributed by atoms with Crippen molar-refractivity contribution in [1.82, 2.24) is 15.5 Å². The lowest BCUT2D eigenvalue weighted by atomic mass is 10.1. The summed E-state index contributed by atoms with van der Waals surface area (Å²) >= 11 is 7.35. The van der Waals surface area contributed by atoms with Crippen LogP contribution in [0.4, 0.5) is 9.59 Å². The summed E-state index contributed by atoms with van der Waals surface area (Å²) in [6.45, 7) is 3.10. The average molecular weight is 346 g/mol. The number of carbonyl (C=O) groups is 2. The standard InChI is InChI=1S/C14H20ClN3O3S/c1-9(11-3-4-12(15)22-11)16-13(19)17-10-5-7-18(8-6-10)14(20)21-2/h3-4,9-10H,5-8H2,1-2H3,(H2,16,17,19). The van der Waals surface area contributed by atoms with E-state index in [1.54, 1.807) is 4.90 Å². The molecule has 1 aromatic heterocycles. The lowest BCUT2D eigenvalue weighted by Gasteiger charge is -2.31. The highest BCUT2D eigenvalue weighted by Crippen LogP contribution is 2.26. The van der Waals surface area contributed by atoms with Crippen LogP contribution in [0.5, 0.6) is 0 Å². The Morgan fingerprint density at radius 1 is 1.41 bits per heavy atom. The topological polar surface area (TPSA) is 70.7 Å². The summed E-state index contributed by atoms with van der Waals surface area (Å²) in [6.07, 6.45) is 1.13. The van der Waals surface area contributed by atoms with E-state index in [9.17, 15) is 9.59 Å². The van der Waals surface area contributed by atoms with Gasteiger partial charge in [0.1, 0.15) is 0 Å². The Morgan fingerprint density at radius 3 is 2.64 bits per heavy atom. The maximum atomic E-state index is 12.0. The van der Waals surface area contributed by atoms with Crippen molar-refractivity contribution in [2.75, 3.05) is 20.2 Å². The van der Waals surface area contributed by atoms with E-state index in [1.165, 1.54) is 18.4 Å².